The van der Waals surface area contributed by atoms with Crippen molar-refractivity contribution >= 4 is 8.32 Å². The molecule has 3 nitrogen and oxygen atoms in total. The molecule has 1 aromatic rings. The maximum Gasteiger partial charge on any atom is 0.225 e. The molecule has 1 saturated heterocycles. The standard InChI is InChI=1S/C28H48O3Si/c1-10-27-24(8)28(31-32(27,20(2)3)21(4)5)23(7)18-22(6)12-11-17-30-19-25-13-15-26(29-9)16-14-25/h10,13-16,20-24,28H,11-12,17-19H2,1-9H3/b27-10+/t22-,23-,24-,28+/m0/s1. The molecule has 0 radical (unpaired) electrons. The summed E-state index contributed by atoms with van der Waals surface area (Å²) in [5.41, 5.74) is 2.44. The molecule has 1 aliphatic heterocycles. The van der Waals surface area contributed by atoms with E-state index in [0.717, 1.165) is 18.8 Å². The van der Waals surface area contributed by atoms with Crippen LogP contribution in [0.5, 0.6) is 5.75 Å². The first-order valence-corrected chi connectivity index (χ1v) is 14.8. The lowest BCUT2D eigenvalue weighted by molar-refractivity contribution is 0.0976. The molecule has 0 saturated carbocycles. The van der Waals surface area contributed by atoms with Crippen LogP contribution < -0.4 is 4.74 Å². The zero-order valence-corrected chi connectivity index (χ0v) is 23.1. The Hall–Kier alpha value is -1.10. The number of hydrogen-bond donors (Lipinski definition) is 0. The monoisotopic (exact) mass is 460 g/mol. The Kier molecular flexibility index (Phi) is 10.5. The molecule has 0 N–H and O–H groups in total. The van der Waals surface area contributed by atoms with Crippen molar-refractivity contribution in [2.45, 2.75) is 98.4 Å². The van der Waals surface area contributed by atoms with Gasteiger partial charge in [-0.15, -0.1) is 0 Å². The first-order valence-electron chi connectivity index (χ1n) is 12.7. The largest absolute Gasteiger partial charge is 0.497 e. The molecule has 4 heteroatoms. The molecule has 1 heterocycles. The Morgan fingerprint density at radius 2 is 1.66 bits per heavy atom. The fourth-order valence-electron chi connectivity index (χ4n) is 5.96. The molecule has 182 valence electrons. The van der Waals surface area contributed by atoms with Crippen molar-refractivity contribution in [1.82, 2.24) is 0 Å². The van der Waals surface area contributed by atoms with E-state index in [1.165, 1.54) is 18.4 Å². The van der Waals surface area contributed by atoms with Gasteiger partial charge < -0.3 is 13.9 Å². The fourth-order valence-corrected chi connectivity index (χ4v) is 11.5. The van der Waals surface area contributed by atoms with Crippen LogP contribution in [0.3, 0.4) is 0 Å². The third-order valence-corrected chi connectivity index (χ3v) is 13.3. The van der Waals surface area contributed by atoms with Gasteiger partial charge in [-0.2, -0.15) is 0 Å². The van der Waals surface area contributed by atoms with Gasteiger partial charge in [0, 0.05) is 12.5 Å². The molecule has 1 fully saturated rings. The van der Waals surface area contributed by atoms with E-state index in [1.807, 2.05) is 12.1 Å². The van der Waals surface area contributed by atoms with Gasteiger partial charge in [0.15, 0.2) is 0 Å². The van der Waals surface area contributed by atoms with Gasteiger partial charge in [-0.3, -0.25) is 0 Å². The van der Waals surface area contributed by atoms with Gasteiger partial charge in [-0.1, -0.05) is 71.9 Å². The van der Waals surface area contributed by atoms with E-state index in [1.54, 1.807) is 12.3 Å². The third-order valence-electron chi connectivity index (χ3n) is 7.54. The molecule has 2 rings (SSSR count). The van der Waals surface area contributed by atoms with Crippen LogP contribution in [0.1, 0.15) is 80.2 Å². The first-order chi connectivity index (χ1) is 15.2. The maximum absolute atomic E-state index is 7.10. The van der Waals surface area contributed by atoms with Gasteiger partial charge in [0.1, 0.15) is 5.75 Å². The highest BCUT2D eigenvalue weighted by atomic mass is 28.4. The molecule has 0 spiro atoms. The fraction of sp³-hybridized carbons (Fsp3) is 0.714. The maximum atomic E-state index is 7.10. The Morgan fingerprint density at radius 1 is 1.03 bits per heavy atom. The summed E-state index contributed by atoms with van der Waals surface area (Å²) >= 11 is 0. The number of rotatable bonds is 12. The normalized spacial score (nSPS) is 23.8. The van der Waals surface area contributed by atoms with Crippen LogP contribution >= 0.6 is 0 Å². The Balaban J connectivity index is 1.80. The first kappa shape index (κ1) is 27.1. The molecule has 0 amide bonds. The molecule has 1 aliphatic rings. The van der Waals surface area contributed by atoms with Crippen molar-refractivity contribution < 1.29 is 13.9 Å². The average molecular weight is 461 g/mol. The Bertz CT molecular complexity index is 702. The van der Waals surface area contributed by atoms with Crippen molar-refractivity contribution in [3.05, 3.63) is 41.1 Å². The number of allylic oxidation sites excluding steroid dienone is 1. The number of methoxy groups -OCH3 is 1. The Morgan fingerprint density at radius 3 is 2.16 bits per heavy atom. The lowest BCUT2D eigenvalue weighted by Gasteiger charge is -2.36. The summed E-state index contributed by atoms with van der Waals surface area (Å²) in [5, 5.41) is 1.65. The van der Waals surface area contributed by atoms with Crippen molar-refractivity contribution in [2.75, 3.05) is 13.7 Å². The van der Waals surface area contributed by atoms with Crippen molar-refractivity contribution in [3.8, 4) is 5.75 Å². The molecule has 32 heavy (non-hydrogen) atoms. The van der Waals surface area contributed by atoms with Gasteiger partial charge in [0.2, 0.25) is 8.32 Å². The highest BCUT2D eigenvalue weighted by Crippen LogP contribution is 2.51. The van der Waals surface area contributed by atoms with E-state index in [9.17, 15) is 0 Å². The predicted molar refractivity (Wildman–Crippen MR) is 139 cm³/mol. The highest BCUT2D eigenvalue weighted by molar-refractivity contribution is 6.84. The second-order valence-corrected chi connectivity index (χ2v) is 15.3. The minimum atomic E-state index is -1.90. The van der Waals surface area contributed by atoms with Crippen LogP contribution in [0.25, 0.3) is 0 Å². The van der Waals surface area contributed by atoms with E-state index >= 15 is 0 Å². The van der Waals surface area contributed by atoms with Crippen LogP contribution in [0.15, 0.2) is 35.5 Å². The van der Waals surface area contributed by atoms with Crippen LogP contribution in [-0.2, 0) is 15.8 Å². The van der Waals surface area contributed by atoms with Crippen LogP contribution in [0, 0.1) is 17.8 Å². The number of ether oxygens (including phenoxy) is 2. The van der Waals surface area contributed by atoms with Crippen molar-refractivity contribution in [1.29, 1.82) is 0 Å². The second kappa shape index (κ2) is 12.4. The van der Waals surface area contributed by atoms with E-state index in [4.69, 9.17) is 13.9 Å². The molecule has 0 bridgehead atoms. The highest BCUT2D eigenvalue weighted by Gasteiger charge is 2.55. The van der Waals surface area contributed by atoms with Crippen LogP contribution in [0.2, 0.25) is 11.1 Å². The third kappa shape index (κ3) is 6.27. The Labute approximate surface area is 199 Å². The summed E-state index contributed by atoms with van der Waals surface area (Å²) in [6.07, 6.45) is 6.31. The SMILES string of the molecule is C/C=C1\[C@H](C)[C@@H]([C@@H](C)C[C@@H](C)CCCOCc2ccc(OC)cc2)O[Si]1(C(C)C)C(C)C. The van der Waals surface area contributed by atoms with Gasteiger partial charge in [0.05, 0.1) is 19.8 Å². The molecule has 0 aromatic heterocycles. The van der Waals surface area contributed by atoms with Crippen molar-refractivity contribution in [3.63, 3.8) is 0 Å². The summed E-state index contributed by atoms with van der Waals surface area (Å²) < 4.78 is 18.2. The van der Waals surface area contributed by atoms with E-state index in [0.29, 0.717) is 41.5 Å². The molecular weight excluding hydrogens is 412 g/mol. The number of benzene rings is 1. The van der Waals surface area contributed by atoms with E-state index < -0.39 is 8.32 Å². The molecule has 1 aromatic carbocycles. The zero-order valence-electron chi connectivity index (χ0n) is 22.1. The van der Waals surface area contributed by atoms with Gasteiger partial charge in [-0.05, 0) is 66.8 Å². The lowest BCUT2D eigenvalue weighted by Crippen LogP contribution is -2.44. The molecule has 4 atom stereocenters. The summed E-state index contributed by atoms with van der Waals surface area (Å²) in [5.74, 6) is 2.71. The lowest BCUT2D eigenvalue weighted by atomic mass is 9.85. The minimum Gasteiger partial charge on any atom is -0.497 e. The van der Waals surface area contributed by atoms with Crippen LogP contribution in [0.4, 0.5) is 0 Å². The summed E-state index contributed by atoms with van der Waals surface area (Å²) in [7, 11) is -0.204. The topological polar surface area (TPSA) is 27.7 Å². The predicted octanol–water partition coefficient (Wildman–Crippen LogP) is 7.94. The second-order valence-electron chi connectivity index (χ2n) is 10.6. The zero-order chi connectivity index (χ0) is 23.9. The van der Waals surface area contributed by atoms with Crippen molar-refractivity contribution in [2.24, 2.45) is 17.8 Å². The van der Waals surface area contributed by atoms with Gasteiger partial charge in [0.25, 0.3) is 0 Å². The summed E-state index contributed by atoms with van der Waals surface area (Å²) in [6.45, 7) is 20.5. The summed E-state index contributed by atoms with van der Waals surface area (Å²) in [6, 6.07) is 8.12. The molecule has 0 unspecified atom stereocenters. The van der Waals surface area contributed by atoms with Crippen LogP contribution in [-0.4, -0.2) is 28.1 Å². The van der Waals surface area contributed by atoms with Gasteiger partial charge >= 0.3 is 0 Å². The average Bonchev–Trinajstić information content (AvgIpc) is 3.07. The smallest absolute Gasteiger partial charge is 0.225 e. The molecular formula is C28H48O3Si. The summed E-state index contributed by atoms with van der Waals surface area (Å²) in [4.78, 5) is 0. The minimum absolute atomic E-state index is 0.367. The quantitative estimate of drug-likeness (QED) is 0.234. The number of hydrogen-bond acceptors (Lipinski definition) is 3. The molecule has 0 aliphatic carbocycles. The van der Waals surface area contributed by atoms with E-state index in [2.05, 4.69) is 73.6 Å². The van der Waals surface area contributed by atoms with Gasteiger partial charge in [-0.25, -0.2) is 0 Å². The van der Waals surface area contributed by atoms with E-state index in [-0.39, 0.29) is 0 Å².